The molecule has 72 valence electrons. The molecule has 0 aliphatic rings. The maximum Gasteiger partial charge on any atom is 0.0926 e. The van der Waals surface area contributed by atoms with Crippen LogP contribution in [0.5, 0.6) is 0 Å². The van der Waals surface area contributed by atoms with Crippen LogP contribution in [0.4, 0.5) is 0 Å². The number of hydrogen-bond acceptors (Lipinski definition) is 1. The Hall–Kier alpha value is -1.24. The lowest BCUT2D eigenvalue weighted by Gasteiger charge is -2.00. The van der Waals surface area contributed by atoms with Crippen molar-refractivity contribution in [3.05, 3.63) is 41.7 Å². The maximum absolute atomic E-state index is 9.15. The molecule has 0 unspecified atom stereocenters. The molecule has 1 nitrogen and oxygen atoms in total. The Morgan fingerprint density at radius 1 is 1.00 bits per heavy atom. The van der Waals surface area contributed by atoms with Gasteiger partial charge in [-0.1, -0.05) is 44.2 Å². The molecule has 0 spiro atoms. The van der Waals surface area contributed by atoms with Crippen LogP contribution in [0.25, 0.3) is 5.57 Å². The molecule has 0 bridgehead atoms. The number of aliphatic hydroxyl groups excluding tert-OH is 1. The molecule has 0 atom stereocenters. The zero-order chi connectivity index (χ0) is 10.3. The summed E-state index contributed by atoms with van der Waals surface area (Å²) in [6, 6.07) is 9.84. The minimum atomic E-state index is 0.385. The molecule has 0 heterocycles. The van der Waals surface area contributed by atoms with Gasteiger partial charge in [-0.2, -0.15) is 0 Å². The number of aliphatic hydroxyl groups is 1. The van der Waals surface area contributed by atoms with E-state index in [4.69, 9.17) is 5.11 Å². The van der Waals surface area contributed by atoms with Crippen molar-refractivity contribution in [1.29, 1.82) is 0 Å². The average Bonchev–Trinajstić information content (AvgIpc) is 2.21. The molecule has 0 radical (unpaired) electrons. The lowest BCUT2D eigenvalue weighted by atomic mass is 10.1. The van der Waals surface area contributed by atoms with Crippen LogP contribution in [-0.4, -0.2) is 5.11 Å². The Balaban J connectivity index is 0.000000671. The van der Waals surface area contributed by atoms with Crippen molar-refractivity contribution in [2.45, 2.75) is 27.7 Å². The molecule has 1 aromatic carbocycles. The monoisotopic (exact) mass is 178 g/mol. The van der Waals surface area contributed by atoms with Gasteiger partial charge in [-0.15, -0.1) is 0 Å². The van der Waals surface area contributed by atoms with Gasteiger partial charge in [0.15, 0.2) is 0 Å². The predicted molar refractivity (Wildman–Crippen MR) is 58.7 cm³/mol. The van der Waals surface area contributed by atoms with Crippen LogP contribution in [0.15, 0.2) is 36.1 Å². The summed E-state index contributed by atoms with van der Waals surface area (Å²) in [5.74, 6) is 0.385. The lowest BCUT2D eigenvalue weighted by molar-refractivity contribution is 0.416. The van der Waals surface area contributed by atoms with Crippen LogP contribution in [0.2, 0.25) is 0 Å². The smallest absolute Gasteiger partial charge is 0.0926 e. The Kier molecular flexibility index (Phi) is 5.69. The van der Waals surface area contributed by atoms with Gasteiger partial charge in [0.2, 0.25) is 0 Å². The molecule has 0 aliphatic carbocycles. The van der Waals surface area contributed by atoms with E-state index in [0.29, 0.717) is 5.76 Å². The quantitative estimate of drug-likeness (QED) is 0.644. The second-order valence-electron chi connectivity index (χ2n) is 2.58. The molecule has 0 aliphatic heterocycles. The normalized spacial score (nSPS) is 11.1. The van der Waals surface area contributed by atoms with E-state index in [2.05, 4.69) is 0 Å². The first kappa shape index (κ1) is 11.8. The summed E-state index contributed by atoms with van der Waals surface area (Å²) in [5, 5.41) is 9.15. The summed E-state index contributed by atoms with van der Waals surface area (Å²) in [6.07, 6.45) is 0. The largest absolute Gasteiger partial charge is 0.512 e. The third kappa shape index (κ3) is 3.79. The molecular weight excluding hydrogens is 160 g/mol. The van der Waals surface area contributed by atoms with Crippen molar-refractivity contribution in [2.24, 2.45) is 0 Å². The van der Waals surface area contributed by atoms with E-state index >= 15 is 0 Å². The first-order valence-corrected chi connectivity index (χ1v) is 4.63. The Morgan fingerprint density at radius 3 is 1.85 bits per heavy atom. The summed E-state index contributed by atoms with van der Waals surface area (Å²) in [6.45, 7) is 7.60. The molecule has 1 heteroatoms. The molecule has 0 amide bonds. The van der Waals surface area contributed by atoms with Gasteiger partial charge in [0, 0.05) is 0 Å². The van der Waals surface area contributed by atoms with Crippen molar-refractivity contribution in [1.82, 2.24) is 0 Å². The summed E-state index contributed by atoms with van der Waals surface area (Å²) in [5.41, 5.74) is 2.01. The van der Waals surface area contributed by atoms with Gasteiger partial charge >= 0.3 is 0 Å². The minimum Gasteiger partial charge on any atom is -0.512 e. The topological polar surface area (TPSA) is 20.2 Å². The van der Waals surface area contributed by atoms with Crippen LogP contribution >= 0.6 is 0 Å². The fraction of sp³-hybridized carbons (Fsp3) is 0.333. The Morgan fingerprint density at radius 2 is 1.46 bits per heavy atom. The summed E-state index contributed by atoms with van der Waals surface area (Å²) < 4.78 is 0. The average molecular weight is 178 g/mol. The fourth-order valence-electron chi connectivity index (χ4n) is 0.897. The van der Waals surface area contributed by atoms with E-state index in [1.54, 1.807) is 6.92 Å². The zero-order valence-electron chi connectivity index (χ0n) is 8.83. The van der Waals surface area contributed by atoms with E-state index < -0.39 is 0 Å². The van der Waals surface area contributed by atoms with E-state index in [1.165, 1.54) is 0 Å². The number of benzene rings is 1. The van der Waals surface area contributed by atoms with Crippen molar-refractivity contribution < 1.29 is 5.11 Å². The summed E-state index contributed by atoms with van der Waals surface area (Å²) in [4.78, 5) is 0. The molecule has 0 fully saturated rings. The molecular formula is C12H18O. The molecule has 0 aromatic heterocycles. The molecule has 1 rings (SSSR count). The second kappa shape index (κ2) is 6.30. The summed E-state index contributed by atoms with van der Waals surface area (Å²) >= 11 is 0. The van der Waals surface area contributed by atoms with Gasteiger partial charge in [0.05, 0.1) is 5.76 Å². The number of rotatable bonds is 1. The fourth-order valence-corrected chi connectivity index (χ4v) is 0.897. The van der Waals surface area contributed by atoms with Gasteiger partial charge in [0.25, 0.3) is 0 Å². The van der Waals surface area contributed by atoms with Gasteiger partial charge in [-0.05, 0) is 25.0 Å². The highest BCUT2D eigenvalue weighted by atomic mass is 16.3. The molecule has 0 saturated heterocycles. The van der Waals surface area contributed by atoms with Crippen molar-refractivity contribution in [3.63, 3.8) is 0 Å². The van der Waals surface area contributed by atoms with Crippen molar-refractivity contribution in [2.75, 3.05) is 0 Å². The minimum absolute atomic E-state index is 0.385. The van der Waals surface area contributed by atoms with E-state index in [1.807, 2.05) is 51.1 Å². The zero-order valence-corrected chi connectivity index (χ0v) is 8.83. The molecule has 1 aromatic rings. The Bertz CT molecular complexity index is 256. The van der Waals surface area contributed by atoms with Gasteiger partial charge in [-0.25, -0.2) is 0 Å². The van der Waals surface area contributed by atoms with E-state index in [9.17, 15) is 0 Å². The summed E-state index contributed by atoms with van der Waals surface area (Å²) in [7, 11) is 0. The third-order valence-corrected chi connectivity index (χ3v) is 1.75. The molecule has 13 heavy (non-hydrogen) atoms. The van der Waals surface area contributed by atoms with E-state index in [-0.39, 0.29) is 0 Å². The first-order valence-electron chi connectivity index (χ1n) is 4.63. The van der Waals surface area contributed by atoms with Gasteiger partial charge < -0.3 is 5.11 Å². The van der Waals surface area contributed by atoms with Crippen LogP contribution in [0.1, 0.15) is 33.3 Å². The van der Waals surface area contributed by atoms with Gasteiger partial charge in [-0.3, -0.25) is 0 Å². The second-order valence-corrected chi connectivity index (χ2v) is 2.58. The SMILES string of the molecule is C/C(O)=C(\C)c1ccccc1.CC. The maximum atomic E-state index is 9.15. The van der Waals surface area contributed by atoms with Crippen LogP contribution in [0.3, 0.4) is 0 Å². The Labute approximate surface area is 80.7 Å². The highest BCUT2D eigenvalue weighted by Crippen LogP contribution is 2.15. The highest BCUT2D eigenvalue weighted by molar-refractivity contribution is 5.64. The van der Waals surface area contributed by atoms with Crippen LogP contribution < -0.4 is 0 Å². The lowest BCUT2D eigenvalue weighted by Crippen LogP contribution is -1.82. The van der Waals surface area contributed by atoms with Crippen molar-refractivity contribution >= 4 is 5.57 Å². The van der Waals surface area contributed by atoms with Crippen molar-refractivity contribution in [3.8, 4) is 0 Å². The predicted octanol–water partition coefficient (Wildman–Crippen LogP) is 4.02. The third-order valence-electron chi connectivity index (χ3n) is 1.75. The number of hydrogen-bond donors (Lipinski definition) is 1. The van der Waals surface area contributed by atoms with E-state index in [0.717, 1.165) is 11.1 Å². The molecule has 0 saturated carbocycles. The van der Waals surface area contributed by atoms with Gasteiger partial charge in [0.1, 0.15) is 0 Å². The number of allylic oxidation sites excluding steroid dienone is 2. The molecule has 1 N–H and O–H groups in total. The highest BCUT2D eigenvalue weighted by Gasteiger charge is 1.96. The first-order chi connectivity index (χ1) is 6.22. The van der Waals surface area contributed by atoms with Crippen LogP contribution in [0, 0.1) is 0 Å². The van der Waals surface area contributed by atoms with Crippen LogP contribution in [-0.2, 0) is 0 Å². The standard InChI is InChI=1S/C10H12O.C2H6/c1-8(9(2)11)10-6-4-3-5-7-10;1-2/h3-7,11H,1-2H3;1-2H3/b9-8-;.